The van der Waals surface area contributed by atoms with Gasteiger partial charge in [0.05, 0.1) is 103 Å². The van der Waals surface area contributed by atoms with Gasteiger partial charge in [-0.3, -0.25) is 0 Å². The highest BCUT2D eigenvalue weighted by molar-refractivity contribution is 6.14. The molecule has 12 aromatic rings. The Hall–Kier alpha value is -11.2. The maximum Gasteiger partial charge on any atom is 0.417 e. The Kier molecular flexibility index (Phi) is 11.9. The summed E-state index contributed by atoms with van der Waals surface area (Å²) in [5.74, 6) is 0. The minimum Gasteiger partial charge on any atom is -0.308 e. The SMILES string of the molecule is N#Cc1cccc(-c2ccc3c4ccc(-c5cccc(C#N)c5)cc4n(-c4cc(C#N)cc(-n5c6cc(-c7cccc(C#N)c7)ccc6c6ccc(-c7cccc(C#N)c7)cc65)c4-c4ccc(C(F)(F)F)cc4C(F)(F)F)c3c2)c1. The second-order valence-corrected chi connectivity index (χ2v) is 19.1. The molecular weight excluding hydrogens is 1020 g/mol. The van der Waals surface area contributed by atoms with Crippen LogP contribution in [0.15, 0.2) is 200 Å². The van der Waals surface area contributed by atoms with Crippen molar-refractivity contribution in [3.05, 3.63) is 239 Å². The molecule has 378 valence electrons. The highest BCUT2D eigenvalue weighted by atomic mass is 19.4. The summed E-state index contributed by atoms with van der Waals surface area (Å²) < 4.78 is 95.9. The molecule has 80 heavy (non-hydrogen) atoms. The lowest BCUT2D eigenvalue weighted by Crippen LogP contribution is -2.14. The number of aromatic nitrogens is 2. The molecule has 0 spiro atoms. The lowest BCUT2D eigenvalue weighted by molar-refractivity contribution is -0.142. The summed E-state index contributed by atoms with van der Waals surface area (Å²) in [6.07, 6.45) is -10.6. The van der Waals surface area contributed by atoms with E-state index in [1.165, 1.54) is 12.1 Å². The van der Waals surface area contributed by atoms with Crippen molar-refractivity contribution in [2.75, 3.05) is 0 Å². The number of nitriles is 5. The van der Waals surface area contributed by atoms with E-state index in [1.807, 2.05) is 97.1 Å². The molecule has 0 aliphatic carbocycles. The van der Waals surface area contributed by atoms with Gasteiger partial charge in [0.2, 0.25) is 0 Å². The Morgan fingerprint density at radius 2 is 0.613 bits per heavy atom. The Labute approximate surface area is 452 Å². The predicted octanol–water partition coefficient (Wildman–Crippen LogP) is 17.6. The molecule has 13 heteroatoms. The summed E-state index contributed by atoms with van der Waals surface area (Å²) in [5, 5.41) is 53.3. The average molecular weight is 1050 g/mol. The van der Waals surface area contributed by atoms with Gasteiger partial charge in [-0.1, -0.05) is 103 Å². The first kappa shape index (κ1) is 49.7. The maximum absolute atomic E-state index is 16.1. The second-order valence-electron chi connectivity index (χ2n) is 19.1. The largest absolute Gasteiger partial charge is 0.417 e. The molecule has 0 saturated carbocycles. The first-order valence-electron chi connectivity index (χ1n) is 24.7. The molecule has 0 aliphatic rings. The minimum atomic E-state index is -5.38. The fourth-order valence-electron chi connectivity index (χ4n) is 10.8. The van der Waals surface area contributed by atoms with Gasteiger partial charge in [-0.25, -0.2) is 0 Å². The summed E-state index contributed by atoms with van der Waals surface area (Å²) in [4.78, 5) is 0. The van der Waals surface area contributed by atoms with Crippen molar-refractivity contribution in [2.45, 2.75) is 12.4 Å². The molecule has 12 rings (SSSR count). The number of hydrogen-bond donors (Lipinski definition) is 0. The lowest BCUT2D eigenvalue weighted by atomic mass is 9.92. The van der Waals surface area contributed by atoms with Gasteiger partial charge in [-0.2, -0.15) is 52.7 Å². The van der Waals surface area contributed by atoms with Crippen molar-refractivity contribution in [3.63, 3.8) is 0 Å². The maximum atomic E-state index is 16.1. The fraction of sp³-hybridized carbons (Fsp3) is 0.0299. The van der Waals surface area contributed by atoms with Crippen LogP contribution in [0, 0.1) is 56.7 Å². The van der Waals surface area contributed by atoms with E-state index < -0.39 is 29.0 Å². The third kappa shape index (κ3) is 8.57. The van der Waals surface area contributed by atoms with Gasteiger partial charge in [0, 0.05) is 27.1 Å². The topological polar surface area (TPSA) is 129 Å². The van der Waals surface area contributed by atoms with E-state index in [0.29, 0.717) is 116 Å². The first-order chi connectivity index (χ1) is 38.7. The van der Waals surface area contributed by atoms with Crippen LogP contribution in [0.4, 0.5) is 26.3 Å². The molecule has 0 fully saturated rings. The summed E-state index contributed by atoms with van der Waals surface area (Å²) in [5.41, 5.74) is 4.32. The lowest BCUT2D eigenvalue weighted by Gasteiger charge is -2.24. The zero-order valence-corrected chi connectivity index (χ0v) is 41.5. The third-order valence-electron chi connectivity index (χ3n) is 14.5. The van der Waals surface area contributed by atoms with Gasteiger partial charge in [0.15, 0.2) is 0 Å². The Morgan fingerprint density at radius 3 is 0.900 bits per heavy atom. The number of nitrogens with zero attached hydrogens (tertiary/aromatic N) is 7. The summed E-state index contributed by atoms with van der Waals surface area (Å²) in [7, 11) is 0. The van der Waals surface area contributed by atoms with E-state index >= 15 is 13.2 Å². The van der Waals surface area contributed by atoms with Crippen molar-refractivity contribution < 1.29 is 26.3 Å². The van der Waals surface area contributed by atoms with Crippen LogP contribution in [0.3, 0.4) is 0 Å². The number of rotatable bonds is 7. The molecule has 0 bridgehead atoms. The summed E-state index contributed by atoms with van der Waals surface area (Å²) >= 11 is 0. The van der Waals surface area contributed by atoms with E-state index in [4.69, 9.17) is 0 Å². The fourth-order valence-corrected chi connectivity index (χ4v) is 10.8. The van der Waals surface area contributed by atoms with Crippen LogP contribution in [0.1, 0.15) is 38.9 Å². The van der Waals surface area contributed by atoms with Crippen LogP contribution in [-0.4, -0.2) is 9.13 Å². The molecule has 7 nitrogen and oxygen atoms in total. The van der Waals surface area contributed by atoms with Crippen molar-refractivity contribution in [1.82, 2.24) is 9.13 Å². The van der Waals surface area contributed by atoms with E-state index in [0.717, 1.165) is 6.07 Å². The van der Waals surface area contributed by atoms with Crippen LogP contribution >= 0.6 is 0 Å². The van der Waals surface area contributed by atoms with Crippen LogP contribution in [0.25, 0.3) is 111 Å². The molecule has 0 N–H and O–H groups in total. The number of benzene rings is 10. The van der Waals surface area contributed by atoms with Crippen molar-refractivity contribution >= 4 is 43.6 Å². The van der Waals surface area contributed by atoms with Gasteiger partial charge in [-0.15, -0.1) is 0 Å². The van der Waals surface area contributed by atoms with E-state index in [1.54, 1.807) is 81.9 Å². The van der Waals surface area contributed by atoms with E-state index in [2.05, 4.69) is 30.3 Å². The van der Waals surface area contributed by atoms with Crippen molar-refractivity contribution in [3.8, 4) is 97.4 Å². The summed E-state index contributed by atoms with van der Waals surface area (Å²) in [6.45, 7) is 0. The molecule has 10 aromatic carbocycles. The smallest absolute Gasteiger partial charge is 0.308 e. The van der Waals surface area contributed by atoms with Crippen molar-refractivity contribution in [1.29, 1.82) is 26.3 Å². The quantitative estimate of drug-likeness (QED) is 0.147. The third-order valence-corrected chi connectivity index (χ3v) is 14.5. The number of alkyl halides is 6. The molecule has 2 heterocycles. The van der Waals surface area contributed by atoms with Gasteiger partial charge in [0.1, 0.15) is 0 Å². The molecular formula is C67H33F6N7. The number of halogens is 6. The molecule has 0 saturated heterocycles. The van der Waals surface area contributed by atoms with Crippen LogP contribution in [0.5, 0.6) is 0 Å². The Bertz CT molecular complexity index is 4340. The standard InChI is InChI=1S/C67H33F6N7/c68-66(69,70)52-17-22-57(58(33-52)67(71,72)73)65-63(79-59-29-48(44-9-1-5-39(23-44)34-74)13-18-53(59)54-19-14-49(30-60(54)79)45-10-2-6-40(24-45)35-75)27-43(38-78)28-64(65)80-61-31-50(46-11-3-7-41(25-46)36-76)15-20-55(61)56-21-16-51(32-62(56)80)47-12-4-8-42(26-47)37-77/h1-33H. The van der Waals surface area contributed by atoms with Crippen LogP contribution in [0.2, 0.25) is 0 Å². The molecule has 0 unspecified atom stereocenters. The Morgan fingerprint density at radius 1 is 0.300 bits per heavy atom. The van der Waals surface area contributed by atoms with Gasteiger partial charge in [-0.05, 0) is 147 Å². The number of fused-ring (bicyclic) bond motifs is 6. The van der Waals surface area contributed by atoms with Crippen LogP contribution < -0.4 is 0 Å². The van der Waals surface area contributed by atoms with Gasteiger partial charge >= 0.3 is 12.4 Å². The highest BCUT2D eigenvalue weighted by Gasteiger charge is 2.40. The van der Waals surface area contributed by atoms with Gasteiger partial charge in [0.25, 0.3) is 0 Å². The molecule has 0 radical (unpaired) electrons. The van der Waals surface area contributed by atoms with E-state index in [9.17, 15) is 39.5 Å². The molecule has 2 aromatic heterocycles. The molecule has 0 amide bonds. The van der Waals surface area contributed by atoms with Crippen LogP contribution in [-0.2, 0) is 12.4 Å². The average Bonchev–Trinajstić information content (AvgIpc) is 4.21. The first-order valence-corrected chi connectivity index (χ1v) is 24.7. The zero-order chi connectivity index (χ0) is 55.6. The number of hydrogen-bond acceptors (Lipinski definition) is 5. The zero-order valence-electron chi connectivity index (χ0n) is 41.5. The second kappa shape index (κ2) is 19.1. The summed E-state index contributed by atoms with van der Waals surface area (Å²) in [6, 6.07) is 65.0. The van der Waals surface area contributed by atoms with Crippen molar-refractivity contribution in [2.24, 2.45) is 0 Å². The molecule has 0 aliphatic heterocycles. The monoisotopic (exact) mass is 1050 g/mol. The Balaban J connectivity index is 1.29. The minimum absolute atomic E-state index is 0.000844. The van der Waals surface area contributed by atoms with Gasteiger partial charge < -0.3 is 9.13 Å². The predicted molar refractivity (Wildman–Crippen MR) is 296 cm³/mol. The normalized spacial score (nSPS) is 11.6. The van der Waals surface area contributed by atoms with E-state index in [-0.39, 0.29) is 28.6 Å². The molecule has 0 atom stereocenters. The highest BCUT2D eigenvalue weighted by Crippen LogP contribution is 2.49.